The maximum atomic E-state index is 13.4. The van der Waals surface area contributed by atoms with Crippen LogP contribution >= 0.6 is 0 Å². The van der Waals surface area contributed by atoms with Gasteiger partial charge in [0.15, 0.2) is 0 Å². The van der Waals surface area contributed by atoms with E-state index in [2.05, 4.69) is 5.32 Å². The third-order valence-corrected chi connectivity index (χ3v) is 8.21. The number of methoxy groups -OCH3 is 1. The molecule has 0 saturated carbocycles. The van der Waals surface area contributed by atoms with Gasteiger partial charge in [0.05, 0.1) is 12.7 Å². The Kier molecular flexibility index (Phi) is 9.68. The second kappa shape index (κ2) is 12.7. The quantitative estimate of drug-likeness (QED) is 0.398. The van der Waals surface area contributed by atoms with E-state index < -0.39 is 22.0 Å². The predicted octanol–water partition coefficient (Wildman–Crippen LogP) is 3.34. The number of rotatable bonds is 13. The summed E-state index contributed by atoms with van der Waals surface area (Å²) in [6.45, 7) is 4.49. The fraction of sp³-hybridized carbons (Fsp3) is 0.444. The number of amides is 3. The van der Waals surface area contributed by atoms with Crippen molar-refractivity contribution in [2.24, 2.45) is 0 Å². The number of benzene rings is 2. The Hall–Kier alpha value is -3.40. The maximum Gasteiger partial charge on any atom is 0.269 e. The van der Waals surface area contributed by atoms with Crippen LogP contribution in [0.5, 0.6) is 5.75 Å². The first kappa shape index (κ1) is 28.2. The van der Waals surface area contributed by atoms with Gasteiger partial charge in [-0.15, -0.1) is 0 Å². The molecule has 1 atom stereocenters. The lowest BCUT2D eigenvalue weighted by molar-refractivity contribution is -0.141. The molecule has 3 amide bonds. The van der Waals surface area contributed by atoms with Crippen molar-refractivity contribution in [3.8, 4) is 5.75 Å². The number of carbonyl (C=O) groups excluding carboxylic acids is 3. The highest BCUT2D eigenvalue weighted by Gasteiger charge is 2.40. The first-order valence-corrected chi connectivity index (χ1v) is 14.0. The van der Waals surface area contributed by atoms with E-state index in [1.807, 2.05) is 32.0 Å². The third kappa shape index (κ3) is 6.49. The molecule has 10 heteroatoms. The number of fused-ring (bicyclic) bond motifs is 1. The zero-order valence-corrected chi connectivity index (χ0v) is 22.4. The number of hydrogen-bond acceptors (Lipinski definition) is 6. The zero-order valence-electron chi connectivity index (χ0n) is 21.6. The Bertz CT molecular complexity index is 1230. The van der Waals surface area contributed by atoms with Crippen LogP contribution in [0.2, 0.25) is 0 Å². The molecule has 0 bridgehead atoms. The highest BCUT2D eigenvalue weighted by molar-refractivity contribution is 7.90. The lowest BCUT2D eigenvalue weighted by Crippen LogP contribution is -2.49. The normalized spacial score (nSPS) is 14.7. The van der Waals surface area contributed by atoms with Gasteiger partial charge in [-0.2, -0.15) is 0 Å². The average molecular weight is 530 g/mol. The van der Waals surface area contributed by atoms with E-state index in [9.17, 15) is 22.8 Å². The molecule has 1 heterocycles. The van der Waals surface area contributed by atoms with Gasteiger partial charge in [-0.25, -0.2) is 12.7 Å². The van der Waals surface area contributed by atoms with Gasteiger partial charge in [0.2, 0.25) is 11.8 Å². The second-order valence-electron chi connectivity index (χ2n) is 8.92. The standard InChI is InChI=1S/C27H35N3O6S/c1-4-6-16-28-26(32)23(5-2)29(19-20-11-9-12-21(18-20)36-3)25(31)15-10-17-30-27(33)22-13-7-8-14-24(22)37(30,34)35/h7-9,11-14,18,23H,4-6,10,15-17,19H2,1-3H3,(H,28,32)/t23-/m1/s1. The largest absolute Gasteiger partial charge is 0.497 e. The number of sulfonamides is 1. The summed E-state index contributed by atoms with van der Waals surface area (Å²) in [5.41, 5.74) is 0.948. The van der Waals surface area contributed by atoms with E-state index in [0.29, 0.717) is 18.7 Å². The number of unbranched alkanes of at least 4 members (excludes halogenated alkanes) is 1. The summed E-state index contributed by atoms with van der Waals surface area (Å²) in [5.74, 6) is -0.456. The molecule has 1 N–H and O–H groups in total. The molecule has 2 aromatic rings. The number of ether oxygens (including phenoxy) is 1. The van der Waals surface area contributed by atoms with Gasteiger partial charge in [0, 0.05) is 26.1 Å². The summed E-state index contributed by atoms with van der Waals surface area (Å²) in [5, 5.41) is 2.92. The lowest BCUT2D eigenvalue weighted by Gasteiger charge is -2.31. The van der Waals surface area contributed by atoms with Gasteiger partial charge < -0.3 is 15.0 Å². The van der Waals surface area contributed by atoms with Crippen molar-refractivity contribution in [1.82, 2.24) is 14.5 Å². The van der Waals surface area contributed by atoms with Gasteiger partial charge in [0.1, 0.15) is 16.7 Å². The minimum Gasteiger partial charge on any atom is -0.497 e. The number of nitrogens with one attached hydrogen (secondary N) is 1. The van der Waals surface area contributed by atoms with Crippen LogP contribution < -0.4 is 10.1 Å². The van der Waals surface area contributed by atoms with Crippen LogP contribution in [0.15, 0.2) is 53.4 Å². The van der Waals surface area contributed by atoms with Crippen LogP contribution in [-0.2, 0) is 26.2 Å². The zero-order chi connectivity index (χ0) is 27.0. The van der Waals surface area contributed by atoms with Crippen LogP contribution in [0, 0.1) is 0 Å². The third-order valence-electron chi connectivity index (χ3n) is 6.37. The monoisotopic (exact) mass is 529 g/mol. The molecule has 0 radical (unpaired) electrons. The van der Waals surface area contributed by atoms with Crippen molar-refractivity contribution in [2.75, 3.05) is 20.2 Å². The fourth-order valence-electron chi connectivity index (χ4n) is 4.36. The minimum atomic E-state index is -3.94. The lowest BCUT2D eigenvalue weighted by atomic mass is 10.1. The van der Waals surface area contributed by atoms with Gasteiger partial charge in [0.25, 0.3) is 15.9 Å². The molecule has 1 aliphatic heterocycles. The van der Waals surface area contributed by atoms with E-state index in [4.69, 9.17) is 4.74 Å². The Morgan fingerprint density at radius 1 is 1.08 bits per heavy atom. The predicted molar refractivity (Wildman–Crippen MR) is 139 cm³/mol. The van der Waals surface area contributed by atoms with Gasteiger partial charge in [-0.3, -0.25) is 14.4 Å². The first-order valence-electron chi connectivity index (χ1n) is 12.6. The molecule has 1 aliphatic rings. The second-order valence-corrected chi connectivity index (χ2v) is 10.8. The molecule has 9 nitrogen and oxygen atoms in total. The van der Waals surface area contributed by atoms with E-state index in [1.165, 1.54) is 17.0 Å². The molecule has 0 aliphatic carbocycles. The van der Waals surface area contributed by atoms with Gasteiger partial charge in [-0.1, -0.05) is 44.5 Å². The SMILES string of the molecule is CCCCNC(=O)[C@@H](CC)N(Cc1cccc(OC)c1)C(=O)CCCN1C(=O)c2ccccc2S1(=O)=O. The topological polar surface area (TPSA) is 113 Å². The Balaban J connectivity index is 1.74. The first-order chi connectivity index (χ1) is 17.7. The van der Waals surface area contributed by atoms with Crippen molar-refractivity contribution in [2.45, 2.75) is 63.4 Å². The summed E-state index contributed by atoms with van der Waals surface area (Å²) in [6.07, 6.45) is 2.32. The van der Waals surface area contributed by atoms with Crippen LogP contribution in [0.4, 0.5) is 0 Å². The van der Waals surface area contributed by atoms with Gasteiger partial charge >= 0.3 is 0 Å². The molecule has 37 heavy (non-hydrogen) atoms. The number of hydrogen-bond donors (Lipinski definition) is 1. The van der Waals surface area contributed by atoms with Crippen LogP contribution in [0.1, 0.15) is 61.9 Å². The fourth-order valence-corrected chi connectivity index (χ4v) is 5.97. The Labute approximate surface area is 218 Å². The van der Waals surface area contributed by atoms with Crippen LogP contribution in [0.25, 0.3) is 0 Å². The number of nitrogens with zero attached hydrogens (tertiary/aromatic N) is 2. The Morgan fingerprint density at radius 3 is 2.51 bits per heavy atom. The molecule has 3 rings (SSSR count). The van der Waals surface area contributed by atoms with Crippen molar-refractivity contribution in [3.63, 3.8) is 0 Å². The van der Waals surface area contributed by atoms with Crippen LogP contribution in [0.3, 0.4) is 0 Å². The summed E-state index contributed by atoms with van der Waals surface area (Å²) in [7, 11) is -2.38. The van der Waals surface area contributed by atoms with Gasteiger partial charge in [-0.05, 0) is 49.1 Å². The Morgan fingerprint density at radius 2 is 1.84 bits per heavy atom. The molecule has 0 spiro atoms. The van der Waals surface area contributed by atoms with E-state index in [0.717, 1.165) is 22.7 Å². The summed E-state index contributed by atoms with van der Waals surface area (Å²) in [6, 6.07) is 12.7. The van der Waals surface area contributed by atoms with E-state index in [-0.39, 0.29) is 48.2 Å². The van der Waals surface area contributed by atoms with Crippen molar-refractivity contribution in [1.29, 1.82) is 0 Å². The summed E-state index contributed by atoms with van der Waals surface area (Å²) in [4.78, 5) is 40.6. The molecule has 0 aromatic heterocycles. The maximum absolute atomic E-state index is 13.4. The van der Waals surface area contributed by atoms with Crippen molar-refractivity contribution in [3.05, 3.63) is 59.7 Å². The molecule has 0 saturated heterocycles. The smallest absolute Gasteiger partial charge is 0.269 e. The van der Waals surface area contributed by atoms with E-state index >= 15 is 0 Å². The summed E-state index contributed by atoms with van der Waals surface area (Å²) < 4.78 is 31.8. The van der Waals surface area contributed by atoms with Crippen LogP contribution in [-0.4, -0.2) is 61.6 Å². The molecule has 0 unspecified atom stereocenters. The highest BCUT2D eigenvalue weighted by atomic mass is 32.2. The molecular formula is C27H35N3O6S. The van der Waals surface area contributed by atoms with Crippen molar-refractivity contribution < 1.29 is 27.5 Å². The minimum absolute atomic E-state index is 0.0132. The summed E-state index contributed by atoms with van der Waals surface area (Å²) >= 11 is 0. The van der Waals surface area contributed by atoms with E-state index in [1.54, 1.807) is 25.3 Å². The molecular weight excluding hydrogens is 494 g/mol. The molecule has 200 valence electrons. The highest BCUT2D eigenvalue weighted by Crippen LogP contribution is 2.30. The molecule has 0 fully saturated rings. The molecule has 2 aromatic carbocycles. The average Bonchev–Trinajstić information content (AvgIpc) is 3.09. The van der Waals surface area contributed by atoms with Crippen molar-refractivity contribution >= 4 is 27.7 Å². The number of carbonyl (C=O) groups is 3.